The molecule has 0 radical (unpaired) electrons. The molecule has 0 saturated heterocycles. The van der Waals surface area contributed by atoms with Crippen molar-refractivity contribution in [1.82, 2.24) is 4.72 Å². The Labute approximate surface area is 162 Å². The van der Waals surface area contributed by atoms with Crippen LogP contribution in [0, 0.1) is 13.8 Å². The van der Waals surface area contributed by atoms with E-state index in [4.69, 9.17) is 0 Å². The summed E-state index contributed by atoms with van der Waals surface area (Å²) in [5, 5.41) is 0. The molecule has 3 nitrogen and oxygen atoms in total. The molecular weight excluding hydrogens is 354 g/mol. The van der Waals surface area contributed by atoms with Crippen LogP contribution in [0.1, 0.15) is 28.2 Å². The van der Waals surface area contributed by atoms with Crippen LogP contribution in [0.2, 0.25) is 0 Å². The predicted molar refractivity (Wildman–Crippen MR) is 110 cm³/mol. The van der Waals surface area contributed by atoms with E-state index in [0.29, 0.717) is 11.4 Å². The molecule has 3 rings (SSSR count). The molecule has 0 aliphatic rings. The van der Waals surface area contributed by atoms with Crippen molar-refractivity contribution in [3.05, 3.63) is 101 Å². The smallest absolute Gasteiger partial charge is 0.211 e. The van der Waals surface area contributed by atoms with Crippen molar-refractivity contribution in [3.63, 3.8) is 0 Å². The first kappa shape index (κ1) is 19.3. The lowest BCUT2D eigenvalue weighted by Crippen LogP contribution is -2.29. The van der Waals surface area contributed by atoms with Gasteiger partial charge in [0.2, 0.25) is 10.0 Å². The number of hydrogen-bond acceptors (Lipinski definition) is 2. The molecule has 0 aromatic heterocycles. The van der Waals surface area contributed by atoms with E-state index in [-0.39, 0.29) is 5.92 Å². The first-order valence-electron chi connectivity index (χ1n) is 9.11. The van der Waals surface area contributed by atoms with Crippen molar-refractivity contribution >= 4 is 10.0 Å². The standard InChI is InChI=1S/C23H25NO2S/c1-18-12-14-23(15-13-18)27(25,26)24-17-22(20-9-4-3-5-10-20)16-21-11-7-6-8-19(21)2/h3-15,22,24H,16-17H2,1-2H3/t22-/m0/s1. The van der Waals surface area contributed by atoms with Crippen molar-refractivity contribution in [3.8, 4) is 0 Å². The second-order valence-corrected chi connectivity index (χ2v) is 8.67. The van der Waals surface area contributed by atoms with Gasteiger partial charge >= 0.3 is 0 Å². The third-order valence-corrected chi connectivity index (χ3v) is 6.29. The van der Waals surface area contributed by atoms with Gasteiger partial charge in [0, 0.05) is 12.5 Å². The number of hydrogen-bond donors (Lipinski definition) is 1. The molecule has 0 amide bonds. The van der Waals surface area contributed by atoms with Gasteiger partial charge in [0.15, 0.2) is 0 Å². The molecule has 1 atom stereocenters. The monoisotopic (exact) mass is 379 g/mol. The molecule has 3 aromatic rings. The molecule has 1 N–H and O–H groups in total. The van der Waals surface area contributed by atoms with E-state index in [2.05, 4.69) is 35.9 Å². The maximum atomic E-state index is 12.7. The first-order chi connectivity index (χ1) is 13.0. The summed E-state index contributed by atoms with van der Waals surface area (Å²) in [6, 6.07) is 25.3. The minimum Gasteiger partial charge on any atom is -0.211 e. The van der Waals surface area contributed by atoms with Gasteiger partial charge in [-0.1, -0.05) is 72.3 Å². The summed E-state index contributed by atoms with van der Waals surface area (Å²) >= 11 is 0. The van der Waals surface area contributed by atoms with Gasteiger partial charge in [0.05, 0.1) is 4.90 Å². The number of sulfonamides is 1. The summed E-state index contributed by atoms with van der Waals surface area (Å²) in [5.74, 6) is 0.0625. The molecule has 3 aromatic carbocycles. The second kappa shape index (κ2) is 8.51. The summed E-state index contributed by atoms with van der Waals surface area (Å²) in [7, 11) is -3.53. The molecule has 0 heterocycles. The van der Waals surface area contributed by atoms with Crippen LogP contribution >= 0.6 is 0 Å². The Kier molecular flexibility index (Phi) is 6.09. The van der Waals surface area contributed by atoms with Crippen molar-refractivity contribution in [2.75, 3.05) is 6.54 Å². The Morgan fingerprint density at radius 1 is 0.815 bits per heavy atom. The van der Waals surface area contributed by atoms with Gasteiger partial charge in [0.25, 0.3) is 0 Å². The molecule has 0 unspecified atom stereocenters. The highest BCUT2D eigenvalue weighted by molar-refractivity contribution is 7.89. The Hall–Kier alpha value is -2.43. The Morgan fingerprint density at radius 3 is 2.11 bits per heavy atom. The van der Waals surface area contributed by atoms with Crippen LogP contribution < -0.4 is 4.72 Å². The number of rotatable bonds is 7. The van der Waals surface area contributed by atoms with Crippen LogP contribution in [0.3, 0.4) is 0 Å². The molecule has 27 heavy (non-hydrogen) atoms. The lowest BCUT2D eigenvalue weighted by atomic mass is 9.90. The van der Waals surface area contributed by atoms with Crippen molar-refractivity contribution in [2.24, 2.45) is 0 Å². The van der Waals surface area contributed by atoms with Gasteiger partial charge in [-0.05, 0) is 49.1 Å². The summed E-state index contributed by atoms with van der Waals surface area (Å²) < 4.78 is 28.2. The molecule has 140 valence electrons. The van der Waals surface area contributed by atoms with E-state index in [0.717, 1.165) is 17.5 Å². The van der Waals surface area contributed by atoms with Gasteiger partial charge < -0.3 is 0 Å². The third kappa shape index (κ3) is 5.06. The van der Waals surface area contributed by atoms with Crippen LogP contribution in [0.25, 0.3) is 0 Å². The SMILES string of the molecule is Cc1ccc(S(=O)(=O)NC[C@H](Cc2ccccc2C)c2ccccc2)cc1. The van der Waals surface area contributed by atoms with Crippen LogP contribution in [-0.4, -0.2) is 15.0 Å². The Morgan fingerprint density at radius 2 is 1.44 bits per heavy atom. The van der Waals surface area contributed by atoms with E-state index in [1.54, 1.807) is 12.1 Å². The van der Waals surface area contributed by atoms with Gasteiger partial charge in [-0.15, -0.1) is 0 Å². The van der Waals surface area contributed by atoms with Crippen molar-refractivity contribution < 1.29 is 8.42 Å². The topological polar surface area (TPSA) is 46.2 Å². The zero-order valence-electron chi connectivity index (χ0n) is 15.7. The highest BCUT2D eigenvalue weighted by Gasteiger charge is 2.19. The first-order valence-corrected chi connectivity index (χ1v) is 10.6. The largest absolute Gasteiger partial charge is 0.240 e. The van der Waals surface area contributed by atoms with Gasteiger partial charge in [-0.25, -0.2) is 13.1 Å². The molecule has 0 aliphatic carbocycles. The highest BCUT2D eigenvalue weighted by Crippen LogP contribution is 2.23. The number of benzene rings is 3. The Bertz CT molecular complexity index is 980. The molecule has 0 fully saturated rings. The van der Waals surface area contributed by atoms with Gasteiger partial charge in [-0.2, -0.15) is 0 Å². The number of aryl methyl sites for hydroxylation is 2. The van der Waals surface area contributed by atoms with Gasteiger partial charge in [-0.3, -0.25) is 0 Å². The molecule has 4 heteroatoms. The van der Waals surface area contributed by atoms with Crippen LogP contribution in [0.4, 0.5) is 0 Å². The van der Waals surface area contributed by atoms with Crippen LogP contribution in [0.5, 0.6) is 0 Å². The van der Waals surface area contributed by atoms with Crippen molar-refractivity contribution in [2.45, 2.75) is 31.1 Å². The summed E-state index contributed by atoms with van der Waals surface area (Å²) in [6.45, 7) is 4.39. The molecular formula is C23H25NO2S. The average Bonchev–Trinajstić information content (AvgIpc) is 2.67. The molecule has 0 aliphatic heterocycles. The summed E-state index contributed by atoms with van der Waals surface area (Å²) in [5.41, 5.74) is 4.63. The fourth-order valence-corrected chi connectivity index (χ4v) is 4.23. The third-order valence-electron chi connectivity index (χ3n) is 4.85. The van der Waals surface area contributed by atoms with Gasteiger partial charge in [0.1, 0.15) is 0 Å². The normalized spacial score (nSPS) is 12.7. The average molecular weight is 380 g/mol. The molecule has 0 saturated carbocycles. The lowest BCUT2D eigenvalue weighted by molar-refractivity contribution is 0.568. The zero-order chi connectivity index (χ0) is 19.3. The van der Waals surface area contributed by atoms with Crippen molar-refractivity contribution in [1.29, 1.82) is 0 Å². The van der Waals surface area contributed by atoms with E-state index in [1.165, 1.54) is 11.1 Å². The molecule has 0 bridgehead atoms. The minimum atomic E-state index is -3.53. The van der Waals surface area contributed by atoms with E-state index in [9.17, 15) is 8.42 Å². The number of nitrogens with one attached hydrogen (secondary N) is 1. The second-order valence-electron chi connectivity index (χ2n) is 6.90. The Balaban J connectivity index is 1.81. The molecule has 0 spiro atoms. The fourth-order valence-electron chi connectivity index (χ4n) is 3.15. The highest BCUT2D eigenvalue weighted by atomic mass is 32.2. The van der Waals surface area contributed by atoms with Crippen LogP contribution in [-0.2, 0) is 16.4 Å². The maximum Gasteiger partial charge on any atom is 0.240 e. The maximum absolute atomic E-state index is 12.7. The predicted octanol–water partition coefficient (Wildman–Crippen LogP) is 4.61. The van der Waals surface area contributed by atoms with Crippen LogP contribution in [0.15, 0.2) is 83.8 Å². The summed E-state index contributed by atoms with van der Waals surface area (Å²) in [6.07, 6.45) is 0.785. The van der Waals surface area contributed by atoms with E-state index in [1.807, 2.05) is 49.4 Å². The van der Waals surface area contributed by atoms with E-state index >= 15 is 0 Å². The minimum absolute atomic E-state index is 0.0625. The fraction of sp³-hybridized carbons (Fsp3) is 0.217. The quantitative estimate of drug-likeness (QED) is 0.652. The van der Waals surface area contributed by atoms with E-state index < -0.39 is 10.0 Å². The summed E-state index contributed by atoms with van der Waals surface area (Å²) in [4.78, 5) is 0.302. The lowest BCUT2D eigenvalue weighted by Gasteiger charge is -2.19. The zero-order valence-corrected chi connectivity index (χ0v) is 16.5.